The number of rotatable bonds is 63. The third-order valence-corrected chi connectivity index (χ3v) is 15.0. The summed E-state index contributed by atoms with van der Waals surface area (Å²) in [6.45, 7) is 6.45. The zero-order valence-corrected chi connectivity index (χ0v) is 54.0. The Kier molecular flexibility index (Phi) is 66.2. The Labute approximate surface area is 508 Å². The van der Waals surface area contributed by atoms with Gasteiger partial charge in [0.1, 0.15) is 13.2 Å². The van der Waals surface area contributed by atoms with Gasteiger partial charge < -0.3 is 14.2 Å². The molecule has 1 unspecified atom stereocenters. The molecule has 0 aliphatic heterocycles. The fourth-order valence-electron chi connectivity index (χ4n) is 9.88. The Morgan fingerprint density at radius 3 is 0.744 bits per heavy atom. The molecule has 0 saturated carbocycles. The molecule has 82 heavy (non-hydrogen) atoms. The van der Waals surface area contributed by atoms with Crippen LogP contribution in [0.3, 0.4) is 0 Å². The van der Waals surface area contributed by atoms with E-state index in [9.17, 15) is 14.4 Å². The van der Waals surface area contributed by atoms with Crippen LogP contribution in [-0.2, 0) is 28.6 Å². The summed E-state index contributed by atoms with van der Waals surface area (Å²) in [5, 5.41) is 0. The van der Waals surface area contributed by atoms with E-state index in [1.54, 1.807) is 0 Å². The molecule has 0 aromatic heterocycles. The summed E-state index contributed by atoms with van der Waals surface area (Å²) in [7, 11) is 0. The number of carbonyl (C=O) groups excluding carboxylic acids is 3. The smallest absolute Gasteiger partial charge is 0.306 e. The first-order valence-corrected chi connectivity index (χ1v) is 34.9. The van der Waals surface area contributed by atoms with Crippen molar-refractivity contribution in [1.29, 1.82) is 0 Å². The van der Waals surface area contributed by atoms with E-state index in [4.69, 9.17) is 14.2 Å². The number of carbonyl (C=O) groups is 3. The van der Waals surface area contributed by atoms with Crippen LogP contribution in [0.5, 0.6) is 0 Å². The average molecular weight is 1140 g/mol. The van der Waals surface area contributed by atoms with Gasteiger partial charge in [-0.15, -0.1) is 0 Å². The number of allylic oxidation sites excluding steroid dienone is 18. The number of esters is 3. The standard InChI is InChI=1S/C76H130O6/c1-4-7-10-13-16-19-22-25-28-31-34-36-38-40-42-45-48-51-54-57-60-63-66-69-75(78)81-72-73(71-80-74(77)68-65-62-59-56-53-50-47-44-33-30-27-24-21-18-15-12-9-6-3)82-76(79)70-67-64-61-58-55-52-49-46-43-41-39-37-35-32-29-26-23-20-17-14-11-8-5-2/h7-8,10-11,16-17,19-20,25-26,28-29,34-37,40,42,73H,4-6,9,12-15,18,21-24,27,30-33,38-39,41,43-72H2,1-3H3/b10-7-,11-8-,19-16-,20-17-,28-25-,29-26-,36-34-,37-35-,42-40-. The van der Waals surface area contributed by atoms with Gasteiger partial charge >= 0.3 is 17.9 Å². The fraction of sp³-hybridized carbons (Fsp3) is 0.724. The molecule has 0 spiro atoms. The van der Waals surface area contributed by atoms with Gasteiger partial charge in [0.2, 0.25) is 0 Å². The normalized spacial score (nSPS) is 12.8. The van der Waals surface area contributed by atoms with E-state index in [2.05, 4.69) is 130 Å². The summed E-state index contributed by atoms with van der Waals surface area (Å²) in [6, 6.07) is 0. The van der Waals surface area contributed by atoms with E-state index in [-0.39, 0.29) is 31.1 Å². The number of ether oxygens (including phenoxy) is 3. The third-order valence-electron chi connectivity index (χ3n) is 15.0. The minimum absolute atomic E-state index is 0.0809. The lowest BCUT2D eigenvalue weighted by Gasteiger charge is -2.18. The van der Waals surface area contributed by atoms with E-state index in [0.717, 1.165) is 122 Å². The highest BCUT2D eigenvalue weighted by atomic mass is 16.6. The van der Waals surface area contributed by atoms with Gasteiger partial charge in [-0.3, -0.25) is 14.4 Å². The molecule has 470 valence electrons. The van der Waals surface area contributed by atoms with Gasteiger partial charge in [-0.25, -0.2) is 0 Å². The van der Waals surface area contributed by atoms with Crippen LogP contribution >= 0.6 is 0 Å². The van der Waals surface area contributed by atoms with E-state index in [1.165, 1.54) is 173 Å². The Bertz CT molecular complexity index is 1640. The van der Waals surface area contributed by atoms with Gasteiger partial charge in [-0.2, -0.15) is 0 Å². The van der Waals surface area contributed by atoms with Crippen molar-refractivity contribution in [1.82, 2.24) is 0 Å². The quantitative estimate of drug-likeness (QED) is 0.0261. The van der Waals surface area contributed by atoms with Crippen LogP contribution in [0.4, 0.5) is 0 Å². The second-order valence-electron chi connectivity index (χ2n) is 23.0. The SMILES string of the molecule is CC/C=C\C/C=C\C/C=C\C/C=C\C/C=C\CCCCCCCCCC(=O)OCC(COC(=O)CCCCCCCCCCCCCCCCCCCC)OC(=O)CCCCCCCCCCCC/C=C\C/C=C\C/C=C\C/C=C\CC. The molecule has 0 saturated heterocycles. The number of hydrogen-bond donors (Lipinski definition) is 0. The predicted molar refractivity (Wildman–Crippen MR) is 357 cm³/mol. The van der Waals surface area contributed by atoms with E-state index in [0.29, 0.717) is 19.3 Å². The summed E-state index contributed by atoms with van der Waals surface area (Å²) in [5.41, 5.74) is 0. The van der Waals surface area contributed by atoms with Crippen LogP contribution in [0.2, 0.25) is 0 Å². The minimum Gasteiger partial charge on any atom is -0.462 e. The Morgan fingerprint density at radius 1 is 0.256 bits per heavy atom. The van der Waals surface area contributed by atoms with E-state index in [1.807, 2.05) is 0 Å². The minimum atomic E-state index is -0.788. The monoisotopic (exact) mass is 1140 g/mol. The number of hydrogen-bond acceptors (Lipinski definition) is 6. The van der Waals surface area contributed by atoms with Crippen LogP contribution in [-0.4, -0.2) is 37.2 Å². The Balaban J connectivity index is 4.40. The van der Waals surface area contributed by atoms with Gasteiger partial charge in [-0.05, 0) is 103 Å². The van der Waals surface area contributed by atoms with Crippen LogP contribution in [0.25, 0.3) is 0 Å². The van der Waals surface area contributed by atoms with Gasteiger partial charge in [0.15, 0.2) is 6.10 Å². The highest BCUT2D eigenvalue weighted by Gasteiger charge is 2.19. The summed E-state index contributed by atoms with van der Waals surface area (Å²) in [6.07, 6.45) is 95.3. The van der Waals surface area contributed by atoms with Gasteiger partial charge in [0, 0.05) is 19.3 Å². The lowest BCUT2D eigenvalue weighted by molar-refractivity contribution is -0.167. The maximum atomic E-state index is 13.0. The molecule has 1 atom stereocenters. The van der Waals surface area contributed by atoms with Gasteiger partial charge in [0.05, 0.1) is 0 Å². The maximum absolute atomic E-state index is 13.0. The van der Waals surface area contributed by atoms with Crippen molar-refractivity contribution in [3.63, 3.8) is 0 Å². The lowest BCUT2D eigenvalue weighted by atomic mass is 10.0. The summed E-state index contributed by atoms with van der Waals surface area (Å²) in [4.78, 5) is 38.5. The average Bonchev–Trinajstić information content (AvgIpc) is 3.47. The van der Waals surface area contributed by atoms with Crippen LogP contribution in [0.1, 0.15) is 335 Å². The van der Waals surface area contributed by atoms with Crippen LogP contribution < -0.4 is 0 Å². The molecule has 0 aromatic rings. The second-order valence-corrected chi connectivity index (χ2v) is 23.0. The highest BCUT2D eigenvalue weighted by molar-refractivity contribution is 5.71. The van der Waals surface area contributed by atoms with Crippen molar-refractivity contribution < 1.29 is 28.6 Å². The van der Waals surface area contributed by atoms with Gasteiger partial charge in [0.25, 0.3) is 0 Å². The molecule has 0 N–H and O–H groups in total. The molecule has 0 heterocycles. The molecule has 0 amide bonds. The molecule has 0 rings (SSSR count). The van der Waals surface area contributed by atoms with Gasteiger partial charge in [-0.1, -0.05) is 323 Å². The molecule has 0 aliphatic rings. The molecule has 6 heteroatoms. The van der Waals surface area contributed by atoms with Crippen LogP contribution in [0, 0.1) is 0 Å². The molecule has 0 radical (unpaired) electrons. The topological polar surface area (TPSA) is 78.9 Å². The molecule has 0 bridgehead atoms. The first kappa shape index (κ1) is 78.1. The summed E-state index contributed by atoms with van der Waals surface area (Å²) >= 11 is 0. The predicted octanol–water partition coefficient (Wildman–Crippen LogP) is 24.2. The van der Waals surface area contributed by atoms with E-state index >= 15 is 0 Å². The second kappa shape index (κ2) is 69.6. The summed E-state index contributed by atoms with van der Waals surface area (Å²) in [5.74, 6) is -0.881. The highest BCUT2D eigenvalue weighted by Crippen LogP contribution is 2.17. The van der Waals surface area contributed by atoms with E-state index < -0.39 is 6.10 Å². The molecule has 0 aromatic carbocycles. The summed E-state index contributed by atoms with van der Waals surface area (Å²) < 4.78 is 17.0. The van der Waals surface area contributed by atoms with Crippen molar-refractivity contribution in [3.8, 4) is 0 Å². The maximum Gasteiger partial charge on any atom is 0.306 e. The number of unbranched alkanes of at least 4 members (excludes halogenated alkanes) is 34. The Morgan fingerprint density at radius 2 is 0.476 bits per heavy atom. The first-order chi connectivity index (χ1) is 40.5. The van der Waals surface area contributed by atoms with Crippen molar-refractivity contribution in [2.45, 2.75) is 341 Å². The van der Waals surface area contributed by atoms with Crippen LogP contribution in [0.15, 0.2) is 109 Å². The largest absolute Gasteiger partial charge is 0.462 e. The van der Waals surface area contributed by atoms with Crippen molar-refractivity contribution in [3.05, 3.63) is 109 Å². The first-order valence-electron chi connectivity index (χ1n) is 34.9. The third kappa shape index (κ3) is 66.9. The zero-order valence-electron chi connectivity index (χ0n) is 54.0. The molecular formula is C76H130O6. The Hall–Kier alpha value is -3.93. The zero-order chi connectivity index (χ0) is 59.2. The molecule has 0 aliphatic carbocycles. The lowest BCUT2D eigenvalue weighted by Crippen LogP contribution is -2.30. The van der Waals surface area contributed by atoms with Crippen molar-refractivity contribution in [2.24, 2.45) is 0 Å². The molecule has 6 nitrogen and oxygen atoms in total. The van der Waals surface area contributed by atoms with Crippen molar-refractivity contribution >= 4 is 17.9 Å². The fourth-order valence-corrected chi connectivity index (χ4v) is 9.88. The van der Waals surface area contributed by atoms with Crippen molar-refractivity contribution in [2.75, 3.05) is 13.2 Å². The molecule has 0 fully saturated rings. The molecular weight excluding hydrogens is 1010 g/mol.